The van der Waals surface area contributed by atoms with Gasteiger partial charge in [0.25, 0.3) is 0 Å². The second-order valence-electron chi connectivity index (χ2n) is 3.71. The lowest BCUT2D eigenvalue weighted by Crippen LogP contribution is -2.13. The number of aliphatic hydroxyl groups is 1. The first-order valence-electron chi connectivity index (χ1n) is 5.31. The Morgan fingerprint density at radius 1 is 1.44 bits per heavy atom. The molecule has 0 saturated carbocycles. The minimum atomic E-state index is -0.465. The second kappa shape index (κ2) is 5.09. The van der Waals surface area contributed by atoms with Crippen LogP contribution in [0, 0.1) is 0 Å². The number of oxazole rings is 1. The van der Waals surface area contributed by atoms with Crippen LogP contribution >= 0.6 is 0 Å². The molecule has 0 aliphatic carbocycles. The van der Waals surface area contributed by atoms with Gasteiger partial charge in [-0.1, -0.05) is 12.1 Å². The van der Waals surface area contributed by atoms with Crippen molar-refractivity contribution < 1.29 is 14.3 Å². The normalized spacial score (nSPS) is 13.1. The molecular weight excluding hydrogens is 206 g/mol. The van der Waals surface area contributed by atoms with Crippen molar-refractivity contribution in [3.8, 4) is 0 Å². The van der Waals surface area contributed by atoms with Gasteiger partial charge in [0.05, 0.1) is 12.5 Å². The van der Waals surface area contributed by atoms with Gasteiger partial charge in [0.1, 0.15) is 5.52 Å². The van der Waals surface area contributed by atoms with Crippen LogP contribution in [0.3, 0.4) is 0 Å². The quantitative estimate of drug-likeness (QED) is 0.836. The third kappa shape index (κ3) is 2.59. The van der Waals surface area contributed by atoms with E-state index in [9.17, 15) is 5.11 Å². The van der Waals surface area contributed by atoms with E-state index in [1.165, 1.54) is 0 Å². The summed E-state index contributed by atoms with van der Waals surface area (Å²) in [4.78, 5) is 4.29. The van der Waals surface area contributed by atoms with E-state index in [1.54, 1.807) is 7.11 Å². The molecule has 1 aromatic carbocycles. The molecule has 4 nitrogen and oxygen atoms in total. The highest BCUT2D eigenvalue weighted by atomic mass is 16.5. The Labute approximate surface area is 93.9 Å². The molecule has 0 radical (unpaired) electrons. The van der Waals surface area contributed by atoms with Crippen molar-refractivity contribution in [2.45, 2.75) is 18.9 Å². The molecule has 0 aliphatic heterocycles. The molecule has 1 aromatic heterocycles. The van der Waals surface area contributed by atoms with Gasteiger partial charge in [0, 0.05) is 13.7 Å². The summed E-state index contributed by atoms with van der Waals surface area (Å²) >= 11 is 0. The van der Waals surface area contributed by atoms with Crippen LogP contribution in [0.15, 0.2) is 28.7 Å². The van der Waals surface area contributed by atoms with Crippen LogP contribution < -0.4 is 0 Å². The lowest BCUT2D eigenvalue weighted by atomic mass is 10.2. The Hall–Kier alpha value is -1.39. The molecule has 0 aliphatic rings. The molecule has 0 bridgehead atoms. The molecular formula is C12H15NO3. The summed E-state index contributed by atoms with van der Waals surface area (Å²) in [6.07, 6.45) is 0.556. The fourth-order valence-corrected chi connectivity index (χ4v) is 1.56. The van der Waals surface area contributed by atoms with Crippen molar-refractivity contribution in [2.24, 2.45) is 0 Å². The van der Waals surface area contributed by atoms with E-state index < -0.39 is 6.10 Å². The zero-order valence-corrected chi connectivity index (χ0v) is 9.22. The van der Waals surface area contributed by atoms with E-state index in [0.717, 1.165) is 11.1 Å². The predicted octanol–water partition coefficient (Wildman–Crippen LogP) is 1.77. The molecule has 1 N–H and O–H groups in total. The average molecular weight is 221 g/mol. The van der Waals surface area contributed by atoms with E-state index >= 15 is 0 Å². The average Bonchev–Trinajstić information content (AvgIpc) is 2.68. The van der Waals surface area contributed by atoms with Crippen molar-refractivity contribution >= 4 is 11.1 Å². The van der Waals surface area contributed by atoms with E-state index in [4.69, 9.17) is 9.15 Å². The van der Waals surface area contributed by atoms with Gasteiger partial charge in [0.2, 0.25) is 0 Å². The molecule has 0 fully saturated rings. The molecule has 4 heteroatoms. The maximum Gasteiger partial charge on any atom is 0.198 e. The number of aliphatic hydroxyl groups excluding tert-OH is 1. The van der Waals surface area contributed by atoms with Gasteiger partial charge in [-0.2, -0.15) is 0 Å². The fraction of sp³-hybridized carbons (Fsp3) is 0.417. The van der Waals surface area contributed by atoms with Crippen LogP contribution in [-0.4, -0.2) is 29.9 Å². The number of benzene rings is 1. The van der Waals surface area contributed by atoms with Gasteiger partial charge in [-0.15, -0.1) is 0 Å². The maximum absolute atomic E-state index is 9.68. The van der Waals surface area contributed by atoms with E-state index in [2.05, 4.69) is 4.98 Å². The summed E-state index contributed by atoms with van der Waals surface area (Å²) in [5.74, 6) is 0.574. The van der Waals surface area contributed by atoms with Crippen molar-refractivity contribution in [1.29, 1.82) is 0 Å². The molecule has 1 heterocycles. The van der Waals surface area contributed by atoms with Gasteiger partial charge in [0.15, 0.2) is 11.5 Å². The molecule has 1 atom stereocenters. The fourth-order valence-electron chi connectivity index (χ4n) is 1.56. The summed E-state index contributed by atoms with van der Waals surface area (Å²) in [6.45, 7) is 0.543. The zero-order chi connectivity index (χ0) is 11.4. The Bertz CT molecular complexity index is 419. The number of hydrogen-bond acceptors (Lipinski definition) is 4. The highest BCUT2D eigenvalue weighted by Crippen LogP contribution is 2.16. The summed E-state index contributed by atoms with van der Waals surface area (Å²) in [5, 5.41) is 9.68. The lowest BCUT2D eigenvalue weighted by Gasteiger charge is -2.06. The Morgan fingerprint density at radius 3 is 3.00 bits per heavy atom. The monoisotopic (exact) mass is 221 g/mol. The Morgan fingerprint density at radius 2 is 2.25 bits per heavy atom. The minimum Gasteiger partial charge on any atom is -0.441 e. The topological polar surface area (TPSA) is 55.5 Å². The SMILES string of the molecule is COCCC(O)Cc1nc2ccccc2o1. The maximum atomic E-state index is 9.68. The van der Waals surface area contributed by atoms with Gasteiger partial charge in [-0.25, -0.2) is 4.98 Å². The van der Waals surface area contributed by atoms with Gasteiger partial charge < -0.3 is 14.3 Å². The summed E-state index contributed by atoms with van der Waals surface area (Å²) in [6, 6.07) is 7.58. The largest absolute Gasteiger partial charge is 0.441 e. The Kier molecular flexibility index (Phi) is 3.54. The Balaban J connectivity index is 2.03. The minimum absolute atomic E-state index is 0.429. The van der Waals surface area contributed by atoms with Crippen LogP contribution in [0.2, 0.25) is 0 Å². The number of methoxy groups -OCH3 is 1. The molecule has 2 aromatic rings. The van der Waals surface area contributed by atoms with Crippen molar-refractivity contribution in [3.05, 3.63) is 30.2 Å². The van der Waals surface area contributed by atoms with Gasteiger partial charge in [-0.05, 0) is 18.6 Å². The van der Waals surface area contributed by atoms with Crippen LogP contribution in [0.25, 0.3) is 11.1 Å². The highest BCUT2D eigenvalue weighted by Gasteiger charge is 2.11. The first kappa shape index (κ1) is 11.1. The van der Waals surface area contributed by atoms with Crippen molar-refractivity contribution in [1.82, 2.24) is 4.98 Å². The molecule has 2 rings (SSSR count). The van der Waals surface area contributed by atoms with Crippen molar-refractivity contribution in [3.63, 3.8) is 0 Å². The smallest absolute Gasteiger partial charge is 0.198 e. The second-order valence-corrected chi connectivity index (χ2v) is 3.71. The van der Waals surface area contributed by atoms with E-state index in [1.807, 2.05) is 24.3 Å². The number of para-hydroxylation sites is 2. The molecule has 86 valence electrons. The van der Waals surface area contributed by atoms with Crippen LogP contribution in [0.4, 0.5) is 0 Å². The number of nitrogens with zero attached hydrogens (tertiary/aromatic N) is 1. The number of ether oxygens (including phenoxy) is 1. The number of hydrogen-bond donors (Lipinski definition) is 1. The first-order chi connectivity index (χ1) is 7.79. The summed E-state index contributed by atoms with van der Waals surface area (Å²) in [5.41, 5.74) is 1.59. The van der Waals surface area contributed by atoms with E-state index in [-0.39, 0.29) is 0 Å². The molecule has 1 unspecified atom stereocenters. The highest BCUT2D eigenvalue weighted by molar-refractivity contribution is 5.72. The lowest BCUT2D eigenvalue weighted by molar-refractivity contribution is 0.106. The molecule has 16 heavy (non-hydrogen) atoms. The number of rotatable bonds is 5. The van der Waals surface area contributed by atoms with Gasteiger partial charge >= 0.3 is 0 Å². The third-order valence-corrected chi connectivity index (χ3v) is 2.40. The van der Waals surface area contributed by atoms with Crippen molar-refractivity contribution in [2.75, 3.05) is 13.7 Å². The third-order valence-electron chi connectivity index (χ3n) is 2.40. The summed E-state index contributed by atoms with van der Waals surface area (Å²) in [7, 11) is 1.62. The zero-order valence-electron chi connectivity index (χ0n) is 9.22. The number of aromatic nitrogens is 1. The van der Waals surface area contributed by atoms with Crippen LogP contribution in [0.5, 0.6) is 0 Å². The van der Waals surface area contributed by atoms with Crippen LogP contribution in [0.1, 0.15) is 12.3 Å². The standard InChI is InChI=1S/C12H15NO3/c1-15-7-6-9(14)8-12-13-10-4-2-3-5-11(10)16-12/h2-5,9,14H,6-8H2,1H3. The predicted molar refractivity (Wildman–Crippen MR) is 60.2 cm³/mol. The van der Waals surface area contributed by atoms with Crippen LogP contribution in [-0.2, 0) is 11.2 Å². The molecule has 0 saturated heterocycles. The first-order valence-corrected chi connectivity index (χ1v) is 5.31. The van der Waals surface area contributed by atoms with Gasteiger partial charge in [-0.3, -0.25) is 0 Å². The molecule has 0 amide bonds. The number of fused-ring (bicyclic) bond motifs is 1. The van der Waals surface area contributed by atoms with E-state index in [0.29, 0.717) is 25.3 Å². The molecule has 0 spiro atoms. The summed E-state index contributed by atoms with van der Waals surface area (Å²) < 4.78 is 10.4.